The number of sulfonamides is 1. The maximum absolute atomic E-state index is 13.4. The summed E-state index contributed by atoms with van der Waals surface area (Å²) in [5.41, 5.74) is 1.02. The maximum Gasteiger partial charge on any atom is 0.265 e. The molecular weight excluding hydrogens is 394 g/mol. The van der Waals surface area contributed by atoms with Crippen LogP contribution in [-0.4, -0.2) is 49.8 Å². The molecule has 2 heterocycles. The number of carbonyl (C=O) groups excluding carboxylic acids is 2. The molecule has 1 aromatic carbocycles. The zero-order valence-corrected chi connectivity index (χ0v) is 17.5. The summed E-state index contributed by atoms with van der Waals surface area (Å²) >= 11 is 0. The first-order valence-electron chi connectivity index (χ1n) is 10.2. The number of nitrogens with zero attached hydrogens (tertiary/aromatic N) is 1. The lowest BCUT2D eigenvalue weighted by Crippen LogP contribution is -2.46. The van der Waals surface area contributed by atoms with Gasteiger partial charge in [-0.15, -0.1) is 0 Å². The number of benzene rings is 1. The Morgan fingerprint density at radius 2 is 2.07 bits per heavy atom. The van der Waals surface area contributed by atoms with Crippen molar-refractivity contribution >= 4 is 27.5 Å². The molecule has 2 amide bonds. The van der Waals surface area contributed by atoms with Gasteiger partial charge in [-0.1, -0.05) is 6.92 Å². The largest absolute Gasteiger partial charge is 0.478 e. The van der Waals surface area contributed by atoms with Crippen molar-refractivity contribution in [2.24, 2.45) is 5.92 Å². The van der Waals surface area contributed by atoms with E-state index in [4.69, 9.17) is 4.74 Å². The molecule has 8 nitrogen and oxygen atoms in total. The molecule has 4 rings (SSSR count). The van der Waals surface area contributed by atoms with Crippen molar-refractivity contribution in [2.45, 2.75) is 63.0 Å². The zero-order chi connectivity index (χ0) is 20.8. The zero-order valence-electron chi connectivity index (χ0n) is 16.7. The minimum atomic E-state index is -3.78. The standard InChI is InChI=1S/C20H27N3O5S/c1-3-16-20(25)22-15-9-12(2)18(10-17(15)28-16)29(26,27)23-8-4-5-13(11-23)19(24)21-14-6-7-14/h9-10,13-14,16H,3-8,11H2,1-2H3,(H,21,24)(H,22,25). The summed E-state index contributed by atoms with van der Waals surface area (Å²) in [6.45, 7) is 4.11. The molecule has 1 saturated carbocycles. The van der Waals surface area contributed by atoms with E-state index in [1.165, 1.54) is 10.4 Å². The van der Waals surface area contributed by atoms with Crippen LogP contribution in [0, 0.1) is 12.8 Å². The summed E-state index contributed by atoms with van der Waals surface area (Å²) in [5.74, 6) is -0.236. The monoisotopic (exact) mass is 421 g/mol. The molecule has 2 atom stereocenters. The number of carbonyl (C=O) groups is 2. The molecule has 1 aromatic rings. The summed E-state index contributed by atoms with van der Waals surface area (Å²) in [7, 11) is -3.78. The molecule has 2 N–H and O–H groups in total. The molecule has 3 aliphatic rings. The van der Waals surface area contributed by atoms with Crippen molar-refractivity contribution in [3.8, 4) is 5.75 Å². The highest BCUT2D eigenvalue weighted by Gasteiger charge is 2.37. The van der Waals surface area contributed by atoms with Crippen molar-refractivity contribution < 1.29 is 22.7 Å². The van der Waals surface area contributed by atoms with E-state index in [9.17, 15) is 18.0 Å². The summed E-state index contributed by atoms with van der Waals surface area (Å²) in [5, 5.41) is 5.76. The lowest BCUT2D eigenvalue weighted by atomic mass is 9.99. The van der Waals surface area contributed by atoms with Crippen LogP contribution in [-0.2, 0) is 19.6 Å². The number of rotatable bonds is 5. The van der Waals surface area contributed by atoms with Gasteiger partial charge in [0.05, 0.1) is 16.5 Å². The lowest BCUT2D eigenvalue weighted by Gasteiger charge is -2.32. The third-order valence-electron chi connectivity index (χ3n) is 5.76. The van der Waals surface area contributed by atoms with Crippen molar-refractivity contribution in [3.63, 3.8) is 0 Å². The van der Waals surface area contributed by atoms with Gasteiger partial charge in [-0.3, -0.25) is 9.59 Å². The Kier molecular flexibility index (Phi) is 5.29. The van der Waals surface area contributed by atoms with Gasteiger partial charge in [0.2, 0.25) is 15.9 Å². The van der Waals surface area contributed by atoms with Crippen LogP contribution in [0.25, 0.3) is 0 Å². The number of aryl methyl sites for hydroxylation is 1. The van der Waals surface area contributed by atoms with E-state index in [2.05, 4.69) is 10.6 Å². The summed E-state index contributed by atoms with van der Waals surface area (Å²) in [6.07, 6.45) is 3.21. The van der Waals surface area contributed by atoms with E-state index in [0.29, 0.717) is 42.8 Å². The highest BCUT2D eigenvalue weighted by Crippen LogP contribution is 2.36. The minimum absolute atomic E-state index is 0.0496. The molecule has 2 unspecified atom stereocenters. The van der Waals surface area contributed by atoms with Crippen molar-refractivity contribution in [2.75, 3.05) is 18.4 Å². The average molecular weight is 422 g/mol. The fraction of sp³-hybridized carbons (Fsp3) is 0.600. The van der Waals surface area contributed by atoms with Gasteiger partial charge in [0, 0.05) is 25.2 Å². The van der Waals surface area contributed by atoms with Gasteiger partial charge in [0.15, 0.2) is 6.10 Å². The van der Waals surface area contributed by atoms with Gasteiger partial charge in [-0.25, -0.2) is 8.42 Å². The predicted molar refractivity (Wildman–Crippen MR) is 107 cm³/mol. The highest BCUT2D eigenvalue weighted by molar-refractivity contribution is 7.89. The SMILES string of the molecule is CCC1Oc2cc(S(=O)(=O)N3CCCC(C(=O)NC4CC4)C3)c(C)cc2NC1=O. The van der Waals surface area contributed by atoms with Gasteiger partial charge in [0.25, 0.3) is 5.91 Å². The van der Waals surface area contributed by atoms with Gasteiger partial charge < -0.3 is 15.4 Å². The second-order valence-electron chi connectivity index (χ2n) is 8.10. The minimum Gasteiger partial charge on any atom is -0.478 e. The third kappa shape index (κ3) is 3.98. The molecule has 29 heavy (non-hydrogen) atoms. The number of nitrogens with one attached hydrogen (secondary N) is 2. The van der Waals surface area contributed by atoms with Crippen LogP contribution in [0.4, 0.5) is 5.69 Å². The molecule has 0 radical (unpaired) electrons. The normalized spacial score (nSPS) is 25.0. The van der Waals surface area contributed by atoms with Gasteiger partial charge in [0.1, 0.15) is 5.75 Å². The Morgan fingerprint density at radius 1 is 1.31 bits per heavy atom. The Morgan fingerprint density at radius 3 is 2.76 bits per heavy atom. The second-order valence-corrected chi connectivity index (χ2v) is 10.0. The Bertz CT molecular complexity index is 942. The second kappa shape index (κ2) is 7.60. The van der Waals surface area contributed by atoms with Crippen LogP contribution in [0.3, 0.4) is 0 Å². The Balaban J connectivity index is 1.58. The molecule has 2 fully saturated rings. The molecule has 1 saturated heterocycles. The first-order valence-corrected chi connectivity index (χ1v) is 11.7. The van der Waals surface area contributed by atoms with Gasteiger partial charge in [-0.05, 0) is 50.7 Å². The van der Waals surface area contributed by atoms with Crippen LogP contribution in [0.5, 0.6) is 5.75 Å². The quantitative estimate of drug-likeness (QED) is 0.754. The first-order chi connectivity index (χ1) is 13.8. The number of piperidine rings is 1. The molecule has 158 valence electrons. The summed E-state index contributed by atoms with van der Waals surface area (Å²) < 4.78 is 33.9. The maximum atomic E-state index is 13.4. The lowest BCUT2D eigenvalue weighted by molar-refractivity contribution is -0.126. The average Bonchev–Trinajstić information content (AvgIpc) is 3.51. The van der Waals surface area contributed by atoms with E-state index in [-0.39, 0.29) is 35.2 Å². The first kappa shape index (κ1) is 20.2. The van der Waals surface area contributed by atoms with E-state index >= 15 is 0 Å². The number of ether oxygens (including phenoxy) is 1. The number of amides is 2. The van der Waals surface area contributed by atoms with Crippen molar-refractivity contribution in [1.29, 1.82) is 0 Å². The van der Waals surface area contributed by atoms with Crippen molar-refractivity contribution in [1.82, 2.24) is 9.62 Å². The number of hydrogen-bond acceptors (Lipinski definition) is 5. The predicted octanol–water partition coefficient (Wildman–Crippen LogP) is 1.78. The van der Waals surface area contributed by atoms with Gasteiger partial charge in [-0.2, -0.15) is 4.31 Å². The van der Waals surface area contributed by atoms with E-state index in [1.54, 1.807) is 13.0 Å². The highest BCUT2D eigenvalue weighted by atomic mass is 32.2. The fourth-order valence-corrected chi connectivity index (χ4v) is 5.64. The third-order valence-corrected chi connectivity index (χ3v) is 7.77. The molecule has 0 aromatic heterocycles. The van der Waals surface area contributed by atoms with Crippen LogP contribution < -0.4 is 15.4 Å². The van der Waals surface area contributed by atoms with E-state index in [0.717, 1.165) is 12.8 Å². The van der Waals surface area contributed by atoms with Crippen LogP contribution in [0.15, 0.2) is 17.0 Å². The van der Waals surface area contributed by atoms with Crippen LogP contribution in [0.1, 0.15) is 44.6 Å². The topological polar surface area (TPSA) is 105 Å². The number of hydrogen-bond donors (Lipinski definition) is 2. The van der Waals surface area contributed by atoms with Gasteiger partial charge >= 0.3 is 0 Å². The molecule has 1 aliphatic carbocycles. The molecular formula is C20H27N3O5S. The Hall–Kier alpha value is -2.13. The number of anilines is 1. The molecule has 0 bridgehead atoms. The summed E-state index contributed by atoms with van der Waals surface area (Å²) in [4.78, 5) is 24.6. The molecule has 0 spiro atoms. The smallest absolute Gasteiger partial charge is 0.265 e. The molecule has 2 aliphatic heterocycles. The van der Waals surface area contributed by atoms with E-state index < -0.39 is 16.1 Å². The van der Waals surface area contributed by atoms with Crippen LogP contribution in [0.2, 0.25) is 0 Å². The number of fused-ring (bicyclic) bond motifs is 1. The fourth-order valence-electron chi connectivity index (χ4n) is 3.89. The van der Waals surface area contributed by atoms with Crippen LogP contribution >= 0.6 is 0 Å². The van der Waals surface area contributed by atoms with Crippen molar-refractivity contribution in [3.05, 3.63) is 17.7 Å². The molecule has 9 heteroatoms. The van der Waals surface area contributed by atoms with E-state index in [1.807, 2.05) is 6.92 Å². The summed E-state index contributed by atoms with van der Waals surface area (Å²) in [6, 6.07) is 3.39. The Labute approximate surface area is 171 Å².